The Morgan fingerprint density at radius 1 is 1.16 bits per heavy atom. The van der Waals surface area contributed by atoms with Crippen LogP contribution in [-0.4, -0.2) is 19.7 Å². The van der Waals surface area contributed by atoms with Gasteiger partial charge in [-0.05, 0) is 24.6 Å². The number of furan rings is 1. The van der Waals surface area contributed by atoms with E-state index in [4.69, 9.17) is 9.40 Å². The molecule has 3 heterocycles. The molecular weight excluding hydrogens is 352 g/mol. The van der Waals surface area contributed by atoms with Crippen molar-refractivity contribution in [3.8, 4) is 22.2 Å². The number of nitrogens with zero attached hydrogens (tertiary/aromatic N) is 4. The van der Waals surface area contributed by atoms with Crippen molar-refractivity contribution in [1.29, 1.82) is 0 Å². The van der Waals surface area contributed by atoms with Gasteiger partial charge in [0, 0.05) is 23.7 Å². The van der Waals surface area contributed by atoms with E-state index in [2.05, 4.69) is 34.6 Å². The molecule has 0 radical (unpaired) electrons. The Balaban J connectivity index is 1.49. The van der Waals surface area contributed by atoms with Crippen LogP contribution in [0.15, 0.2) is 57.6 Å². The van der Waals surface area contributed by atoms with Gasteiger partial charge >= 0.3 is 0 Å². The molecule has 0 aliphatic carbocycles. The first-order chi connectivity index (χ1) is 12.2. The van der Waals surface area contributed by atoms with Crippen LogP contribution in [0.25, 0.3) is 22.2 Å². The number of aryl methyl sites for hydroxylation is 1. The van der Waals surface area contributed by atoms with Gasteiger partial charge in [-0.1, -0.05) is 36.0 Å². The van der Waals surface area contributed by atoms with Gasteiger partial charge in [0.05, 0.1) is 12.0 Å². The first-order valence-corrected chi connectivity index (χ1v) is 9.65. The van der Waals surface area contributed by atoms with Gasteiger partial charge < -0.3 is 8.98 Å². The summed E-state index contributed by atoms with van der Waals surface area (Å²) in [6, 6.07) is 12.1. The van der Waals surface area contributed by atoms with Crippen LogP contribution in [0.2, 0.25) is 0 Å². The fourth-order valence-corrected chi connectivity index (χ4v) is 4.33. The summed E-state index contributed by atoms with van der Waals surface area (Å²) >= 11 is 3.30. The normalized spacial score (nSPS) is 11.1. The number of benzene rings is 1. The third-order valence-corrected chi connectivity index (χ3v) is 5.83. The minimum Gasteiger partial charge on any atom is -0.461 e. The zero-order chi connectivity index (χ0) is 17.2. The lowest BCUT2D eigenvalue weighted by Crippen LogP contribution is -1.94. The summed E-state index contributed by atoms with van der Waals surface area (Å²) in [5.41, 5.74) is 3.49. The quantitative estimate of drug-likeness (QED) is 0.474. The smallest absolute Gasteiger partial charge is 0.200 e. The van der Waals surface area contributed by atoms with Gasteiger partial charge in [-0.3, -0.25) is 0 Å². The van der Waals surface area contributed by atoms with E-state index in [-0.39, 0.29) is 0 Å². The number of hydrogen-bond acceptors (Lipinski definition) is 6. The van der Waals surface area contributed by atoms with E-state index in [0.717, 1.165) is 33.2 Å². The van der Waals surface area contributed by atoms with E-state index in [1.807, 2.05) is 35.9 Å². The second-order valence-corrected chi connectivity index (χ2v) is 7.39. The van der Waals surface area contributed by atoms with Gasteiger partial charge in [-0.15, -0.1) is 21.5 Å². The third kappa shape index (κ3) is 3.25. The highest BCUT2D eigenvalue weighted by molar-refractivity contribution is 7.98. The van der Waals surface area contributed by atoms with Crippen LogP contribution in [0.3, 0.4) is 0 Å². The average molecular weight is 368 g/mol. The molecule has 126 valence electrons. The van der Waals surface area contributed by atoms with Gasteiger partial charge in [0.15, 0.2) is 16.7 Å². The summed E-state index contributed by atoms with van der Waals surface area (Å²) < 4.78 is 7.34. The van der Waals surface area contributed by atoms with Crippen molar-refractivity contribution < 1.29 is 4.42 Å². The molecule has 0 bridgehead atoms. The number of rotatable bonds is 5. The zero-order valence-electron chi connectivity index (χ0n) is 13.8. The van der Waals surface area contributed by atoms with Crippen LogP contribution < -0.4 is 0 Å². The molecule has 1 aromatic carbocycles. The molecule has 0 atom stereocenters. The number of thiazole rings is 1. The molecule has 0 N–H and O–H groups in total. The van der Waals surface area contributed by atoms with Crippen LogP contribution >= 0.6 is 23.1 Å². The molecule has 25 heavy (non-hydrogen) atoms. The second-order valence-electron chi connectivity index (χ2n) is 5.59. The Bertz CT molecular complexity index is 988. The molecule has 0 unspecified atom stereocenters. The number of thioether (sulfide) groups is 1. The fourth-order valence-electron chi connectivity index (χ4n) is 2.51. The van der Waals surface area contributed by atoms with E-state index in [1.165, 1.54) is 11.1 Å². The maximum Gasteiger partial charge on any atom is 0.200 e. The summed E-state index contributed by atoms with van der Waals surface area (Å²) in [7, 11) is 1.94. The Hall–Kier alpha value is -2.38. The van der Waals surface area contributed by atoms with Gasteiger partial charge in [0.2, 0.25) is 0 Å². The molecule has 0 amide bonds. The number of aromatic nitrogens is 4. The van der Waals surface area contributed by atoms with Crippen LogP contribution in [0.1, 0.15) is 11.3 Å². The molecule has 4 rings (SSSR count). The summed E-state index contributed by atoms with van der Waals surface area (Å²) in [6.07, 6.45) is 1.64. The molecule has 4 aromatic rings. The highest BCUT2D eigenvalue weighted by Crippen LogP contribution is 2.30. The van der Waals surface area contributed by atoms with E-state index in [0.29, 0.717) is 0 Å². The van der Waals surface area contributed by atoms with Gasteiger partial charge in [0.25, 0.3) is 0 Å². The monoisotopic (exact) mass is 368 g/mol. The van der Waals surface area contributed by atoms with Crippen LogP contribution in [0.5, 0.6) is 0 Å². The summed E-state index contributed by atoms with van der Waals surface area (Å²) in [4.78, 5) is 4.76. The lowest BCUT2D eigenvalue weighted by atomic mass is 10.1. The predicted octanol–water partition coefficient (Wildman–Crippen LogP) is 4.80. The third-order valence-electron chi connectivity index (χ3n) is 3.85. The predicted molar refractivity (Wildman–Crippen MR) is 101 cm³/mol. The van der Waals surface area contributed by atoms with Crippen molar-refractivity contribution in [3.05, 3.63) is 59.3 Å². The SMILES string of the molecule is Cc1ccccc1-c1nc(CSc2nnc(-c3ccco3)n2C)cs1. The van der Waals surface area contributed by atoms with Crippen molar-refractivity contribution >= 4 is 23.1 Å². The van der Waals surface area contributed by atoms with Crippen molar-refractivity contribution in [2.45, 2.75) is 17.8 Å². The molecule has 7 heteroatoms. The van der Waals surface area contributed by atoms with Gasteiger partial charge in [-0.25, -0.2) is 4.98 Å². The highest BCUT2D eigenvalue weighted by atomic mass is 32.2. The van der Waals surface area contributed by atoms with Gasteiger partial charge in [0.1, 0.15) is 5.01 Å². The number of hydrogen-bond donors (Lipinski definition) is 0. The van der Waals surface area contributed by atoms with Crippen molar-refractivity contribution in [3.63, 3.8) is 0 Å². The van der Waals surface area contributed by atoms with Crippen molar-refractivity contribution in [2.75, 3.05) is 0 Å². The van der Waals surface area contributed by atoms with Crippen molar-refractivity contribution in [2.24, 2.45) is 7.05 Å². The second kappa shape index (κ2) is 6.85. The van der Waals surface area contributed by atoms with Crippen LogP contribution in [-0.2, 0) is 12.8 Å². The molecule has 0 fully saturated rings. The Kier molecular flexibility index (Phi) is 4.42. The minimum absolute atomic E-state index is 0.720. The molecule has 0 saturated carbocycles. The van der Waals surface area contributed by atoms with Crippen LogP contribution in [0.4, 0.5) is 0 Å². The van der Waals surface area contributed by atoms with Crippen LogP contribution in [0, 0.1) is 6.92 Å². The summed E-state index contributed by atoms with van der Waals surface area (Å²) in [5.74, 6) is 2.20. The minimum atomic E-state index is 0.720. The maximum atomic E-state index is 5.40. The Labute approximate surface area is 153 Å². The molecule has 3 aromatic heterocycles. The van der Waals surface area contributed by atoms with E-state index < -0.39 is 0 Å². The Morgan fingerprint density at radius 2 is 2.04 bits per heavy atom. The fraction of sp³-hybridized carbons (Fsp3) is 0.167. The summed E-state index contributed by atoms with van der Waals surface area (Å²) in [6.45, 7) is 2.11. The largest absolute Gasteiger partial charge is 0.461 e. The maximum absolute atomic E-state index is 5.40. The Morgan fingerprint density at radius 3 is 2.84 bits per heavy atom. The molecular formula is C18H16N4OS2. The standard InChI is InChI=1S/C18H16N4OS2/c1-12-6-3-4-7-14(12)17-19-13(10-24-17)11-25-18-21-20-16(22(18)2)15-8-5-9-23-15/h3-10H,11H2,1-2H3. The molecule has 0 spiro atoms. The molecule has 0 saturated heterocycles. The lowest BCUT2D eigenvalue weighted by molar-refractivity contribution is 0.572. The summed E-state index contributed by atoms with van der Waals surface area (Å²) in [5, 5.41) is 12.5. The zero-order valence-corrected chi connectivity index (χ0v) is 15.5. The molecule has 0 aliphatic rings. The van der Waals surface area contributed by atoms with E-state index in [9.17, 15) is 0 Å². The molecule has 5 nitrogen and oxygen atoms in total. The molecule has 0 aliphatic heterocycles. The first kappa shape index (κ1) is 16.1. The van der Waals surface area contributed by atoms with E-state index in [1.54, 1.807) is 29.4 Å². The topological polar surface area (TPSA) is 56.7 Å². The van der Waals surface area contributed by atoms with Gasteiger partial charge in [-0.2, -0.15) is 0 Å². The first-order valence-electron chi connectivity index (χ1n) is 7.79. The lowest BCUT2D eigenvalue weighted by Gasteiger charge is -2.01. The highest BCUT2D eigenvalue weighted by Gasteiger charge is 2.14. The van der Waals surface area contributed by atoms with E-state index >= 15 is 0 Å². The average Bonchev–Trinajstić information content (AvgIpc) is 3.34. The van der Waals surface area contributed by atoms with Crippen molar-refractivity contribution in [1.82, 2.24) is 19.7 Å².